The summed E-state index contributed by atoms with van der Waals surface area (Å²) in [7, 11) is 1.90. The van der Waals surface area contributed by atoms with Gasteiger partial charge >= 0.3 is 0 Å². The Morgan fingerprint density at radius 3 is 2.55 bits per heavy atom. The van der Waals surface area contributed by atoms with Crippen molar-refractivity contribution in [1.29, 1.82) is 0 Å². The number of carbonyl (C=O) groups excluding carboxylic acids is 1. The summed E-state index contributed by atoms with van der Waals surface area (Å²) in [5.74, 6) is 0.850. The standard InChI is InChI=1S/C21H32N6O.HI/c1-5-23-21(25(4)16-20(28)27(6-2)7-3)24-14-18-9-8-10-19(13-18)15-26-12-11-22-17-26;/h8-13,17H,5-7,14-16H2,1-4H3,(H,23,24);1H. The largest absolute Gasteiger partial charge is 0.357 e. The van der Waals surface area contributed by atoms with E-state index >= 15 is 0 Å². The van der Waals surface area contributed by atoms with E-state index in [1.165, 1.54) is 5.56 Å². The third-order valence-electron chi connectivity index (χ3n) is 4.51. The number of aliphatic imine (C=N–C) groups is 1. The van der Waals surface area contributed by atoms with Crippen LogP contribution < -0.4 is 5.32 Å². The Hall–Kier alpha value is -2.10. The molecule has 0 radical (unpaired) electrons. The van der Waals surface area contributed by atoms with Crippen molar-refractivity contribution in [3.8, 4) is 0 Å². The number of halogens is 1. The minimum Gasteiger partial charge on any atom is -0.357 e. The van der Waals surface area contributed by atoms with Crippen LogP contribution in [-0.2, 0) is 17.9 Å². The van der Waals surface area contributed by atoms with Gasteiger partial charge in [-0.2, -0.15) is 0 Å². The van der Waals surface area contributed by atoms with Crippen molar-refractivity contribution in [1.82, 2.24) is 24.7 Å². The van der Waals surface area contributed by atoms with Gasteiger partial charge in [-0.05, 0) is 31.9 Å². The number of rotatable bonds is 9. The first-order valence-electron chi connectivity index (χ1n) is 9.88. The highest BCUT2D eigenvalue weighted by Gasteiger charge is 2.15. The first-order valence-corrected chi connectivity index (χ1v) is 9.88. The zero-order valence-electron chi connectivity index (χ0n) is 17.8. The minimum atomic E-state index is 0. The van der Waals surface area contributed by atoms with Crippen LogP contribution in [0.25, 0.3) is 0 Å². The van der Waals surface area contributed by atoms with Crippen molar-refractivity contribution >= 4 is 35.8 Å². The molecule has 2 rings (SSSR count). The third-order valence-corrected chi connectivity index (χ3v) is 4.51. The maximum atomic E-state index is 12.4. The van der Waals surface area contributed by atoms with Crippen molar-refractivity contribution in [3.05, 3.63) is 54.1 Å². The molecule has 0 bridgehead atoms. The number of hydrogen-bond donors (Lipinski definition) is 1. The van der Waals surface area contributed by atoms with Gasteiger partial charge in [0.05, 0.1) is 19.4 Å². The monoisotopic (exact) mass is 512 g/mol. The van der Waals surface area contributed by atoms with Gasteiger partial charge in [0, 0.05) is 45.6 Å². The van der Waals surface area contributed by atoms with E-state index in [-0.39, 0.29) is 29.9 Å². The normalized spacial score (nSPS) is 11.0. The van der Waals surface area contributed by atoms with Crippen molar-refractivity contribution in [2.75, 3.05) is 33.2 Å². The number of likely N-dealkylation sites (N-methyl/N-ethyl adjacent to an activating group) is 2. The van der Waals surface area contributed by atoms with Crippen LogP contribution in [0.2, 0.25) is 0 Å². The zero-order chi connectivity index (χ0) is 20.4. The Labute approximate surface area is 191 Å². The lowest BCUT2D eigenvalue weighted by Gasteiger charge is -2.25. The number of aromatic nitrogens is 2. The number of benzene rings is 1. The van der Waals surface area contributed by atoms with E-state index in [9.17, 15) is 4.79 Å². The Morgan fingerprint density at radius 1 is 1.21 bits per heavy atom. The van der Waals surface area contributed by atoms with Crippen molar-refractivity contribution in [2.24, 2.45) is 4.99 Å². The summed E-state index contributed by atoms with van der Waals surface area (Å²) in [5.41, 5.74) is 2.34. The number of nitrogens with zero attached hydrogens (tertiary/aromatic N) is 5. The van der Waals surface area contributed by atoms with Gasteiger partial charge in [0.25, 0.3) is 0 Å². The van der Waals surface area contributed by atoms with Gasteiger partial charge in [-0.3, -0.25) is 4.79 Å². The van der Waals surface area contributed by atoms with Crippen LogP contribution in [0.4, 0.5) is 0 Å². The quantitative estimate of drug-likeness (QED) is 0.319. The molecule has 0 fully saturated rings. The highest BCUT2D eigenvalue weighted by atomic mass is 127. The molecule has 0 saturated carbocycles. The molecule has 0 spiro atoms. The van der Waals surface area contributed by atoms with Crippen molar-refractivity contribution in [2.45, 2.75) is 33.9 Å². The van der Waals surface area contributed by atoms with Crippen LogP contribution in [0.3, 0.4) is 0 Å². The lowest BCUT2D eigenvalue weighted by atomic mass is 10.1. The van der Waals surface area contributed by atoms with Crippen LogP contribution in [0, 0.1) is 0 Å². The summed E-state index contributed by atoms with van der Waals surface area (Å²) in [4.78, 5) is 24.9. The van der Waals surface area contributed by atoms with E-state index in [0.29, 0.717) is 13.1 Å². The fourth-order valence-electron chi connectivity index (χ4n) is 3.01. The van der Waals surface area contributed by atoms with E-state index < -0.39 is 0 Å². The molecule has 0 atom stereocenters. The molecule has 0 aliphatic heterocycles. The summed E-state index contributed by atoms with van der Waals surface area (Å²) in [6, 6.07) is 8.39. The Bertz CT molecular complexity index is 758. The van der Waals surface area contributed by atoms with E-state index in [0.717, 1.165) is 37.7 Å². The van der Waals surface area contributed by atoms with Crippen LogP contribution >= 0.6 is 24.0 Å². The number of imidazole rings is 1. The molecule has 0 saturated heterocycles. The summed E-state index contributed by atoms with van der Waals surface area (Å²) in [6.07, 6.45) is 5.55. The summed E-state index contributed by atoms with van der Waals surface area (Å²) < 4.78 is 2.04. The Kier molecular flexibility index (Phi) is 11.3. The molecule has 1 aromatic heterocycles. The Morgan fingerprint density at radius 2 is 1.93 bits per heavy atom. The molecule has 1 N–H and O–H groups in total. The minimum absolute atomic E-state index is 0. The van der Waals surface area contributed by atoms with Gasteiger partial charge in [-0.1, -0.05) is 24.3 Å². The molecular formula is C21H33IN6O. The summed E-state index contributed by atoms with van der Waals surface area (Å²) in [6.45, 7) is 9.88. The predicted molar refractivity (Wildman–Crippen MR) is 129 cm³/mol. The average molecular weight is 512 g/mol. The molecular weight excluding hydrogens is 479 g/mol. The second kappa shape index (κ2) is 13.2. The van der Waals surface area contributed by atoms with Crippen LogP contribution in [-0.4, -0.2) is 64.4 Å². The van der Waals surface area contributed by atoms with Gasteiger partial charge in [0.2, 0.25) is 5.91 Å². The maximum absolute atomic E-state index is 12.4. The molecule has 0 aliphatic carbocycles. The van der Waals surface area contributed by atoms with Gasteiger partial charge in [-0.25, -0.2) is 9.98 Å². The van der Waals surface area contributed by atoms with Gasteiger partial charge in [0.1, 0.15) is 0 Å². The molecule has 0 aliphatic rings. The summed E-state index contributed by atoms with van der Waals surface area (Å²) >= 11 is 0. The van der Waals surface area contributed by atoms with Gasteiger partial charge in [-0.15, -0.1) is 24.0 Å². The molecule has 2 aromatic rings. The van der Waals surface area contributed by atoms with Crippen LogP contribution in [0.1, 0.15) is 31.9 Å². The number of carbonyl (C=O) groups is 1. The lowest BCUT2D eigenvalue weighted by molar-refractivity contribution is -0.131. The fourth-order valence-corrected chi connectivity index (χ4v) is 3.01. The average Bonchev–Trinajstić information content (AvgIpc) is 3.19. The highest BCUT2D eigenvalue weighted by Crippen LogP contribution is 2.09. The lowest BCUT2D eigenvalue weighted by Crippen LogP contribution is -2.45. The number of amides is 1. The molecule has 0 unspecified atom stereocenters. The van der Waals surface area contributed by atoms with Crippen LogP contribution in [0.5, 0.6) is 0 Å². The number of hydrogen-bond acceptors (Lipinski definition) is 3. The topological polar surface area (TPSA) is 65.8 Å². The maximum Gasteiger partial charge on any atom is 0.242 e. The van der Waals surface area contributed by atoms with Crippen molar-refractivity contribution < 1.29 is 4.79 Å². The second-order valence-corrected chi connectivity index (χ2v) is 6.65. The SMILES string of the molecule is CCNC(=NCc1cccc(Cn2ccnc2)c1)N(C)CC(=O)N(CC)CC.I. The van der Waals surface area contributed by atoms with Gasteiger partial charge in [0.15, 0.2) is 5.96 Å². The zero-order valence-corrected chi connectivity index (χ0v) is 20.2. The Balaban J connectivity index is 0.00000420. The molecule has 7 nitrogen and oxygen atoms in total. The molecule has 29 heavy (non-hydrogen) atoms. The first-order chi connectivity index (χ1) is 13.6. The third kappa shape index (κ3) is 8.04. The van der Waals surface area contributed by atoms with E-state index in [2.05, 4.69) is 34.6 Å². The fraction of sp³-hybridized carbons (Fsp3) is 0.476. The molecule has 1 heterocycles. The number of nitrogens with one attached hydrogen (secondary N) is 1. The van der Waals surface area contributed by atoms with Crippen LogP contribution in [0.15, 0.2) is 48.0 Å². The summed E-state index contributed by atoms with van der Waals surface area (Å²) in [5, 5.41) is 3.28. The molecule has 1 amide bonds. The predicted octanol–water partition coefficient (Wildman–Crippen LogP) is 2.82. The van der Waals surface area contributed by atoms with E-state index in [4.69, 9.17) is 4.99 Å². The molecule has 1 aromatic carbocycles. The first kappa shape index (κ1) is 24.9. The molecule has 160 valence electrons. The number of guanidine groups is 1. The second-order valence-electron chi connectivity index (χ2n) is 6.65. The van der Waals surface area contributed by atoms with Crippen molar-refractivity contribution in [3.63, 3.8) is 0 Å². The smallest absolute Gasteiger partial charge is 0.242 e. The molecule has 8 heteroatoms. The van der Waals surface area contributed by atoms with E-state index in [1.54, 1.807) is 6.20 Å². The highest BCUT2D eigenvalue weighted by molar-refractivity contribution is 14.0. The van der Waals surface area contributed by atoms with Gasteiger partial charge < -0.3 is 19.7 Å². The van der Waals surface area contributed by atoms with E-state index in [1.807, 2.05) is 54.7 Å².